The number of hydrogen-bond donors (Lipinski definition) is 1. The lowest BCUT2D eigenvalue weighted by molar-refractivity contribution is 0.316. The molecule has 1 radical (unpaired) electrons. The van der Waals surface area contributed by atoms with Crippen LogP contribution in [0.4, 0.5) is 0 Å². The summed E-state index contributed by atoms with van der Waals surface area (Å²) in [5.74, 6) is 0.920. The molecule has 0 spiro atoms. The highest BCUT2D eigenvalue weighted by Gasteiger charge is 1.89. The average Bonchev–Trinajstić information content (AvgIpc) is 2.14. The highest BCUT2D eigenvalue weighted by Crippen LogP contribution is 2.07. The Morgan fingerprint density at radius 3 is 2.67 bits per heavy atom. The Labute approximate surface area is 73.6 Å². The van der Waals surface area contributed by atoms with E-state index in [2.05, 4.69) is 12.2 Å². The van der Waals surface area contributed by atoms with Gasteiger partial charge in [-0.3, -0.25) is 0 Å². The van der Waals surface area contributed by atoms with E-state index in [0.717, 1.165) is 18.8 Å². The summed E-state index contributed by atoms with van der Waals surface area (Å²) in [5.41, 5.74) is 0. The fourth-order valence-electron chi connectivity index (χ4n) is 0.883. The first-order valence-electron chi connectivity index (χ1n) is 4.11. The maximum atomic E-state index is 5.42. The van der Waals surface area contributed by atoms with Crippen LogP contribution in [0, 0.1) is 6.92 Å². The monoisotopic (exact) mass is 164 g/mol. The highest BCUT2D eigenvalue weighted by molar-refractivity contribution is 5.20. The van der Waals surface area contributed by atoms with E-state index < -0.39 is 0 Å². The lowest BCUT2D eigenvalue weighted by Gasteiger charge is -2.05. The van der Waals surface area contributed by atoms with Crippen molar-refractivity contribution in [2.75, 3.05) is 19.7 Å². The van der Waals surface area contributed by atoms with E-state index in [1.54, 1.807) is 0 Å². The molecule has 0 aliphatic rings. The van der Waals surface area contributed by atoms with Crippen LogP contribution >= 0.6 is 0 Å². The molecule has 0 aromatic heterocycles. The Morgan fingerprint density at radius 2 is 2.00 bits per heavy atom. The number of nitrogens with one attached hydrogen (secondary N) is 1. The smallest absolute Gasteiger partial charge is 0.119 e. The zero-order valence-electron chi connectivity index (χ0n) is 7.12. The summed E-state index contributed by atoms with van der Waals surface area (Å²) >= 11 is 0. The summed E-state index contributed by atoms with van der Waals surface area (Å²) in [4.78, 5) is 0. The predicted octanol–water partition coefficient (Wildman–Crippen LogP) is 1.49. The van der Waals surface area contributed by atoms with Crippen molar-refractivity contribution in [3.8, 4) is 5.75 Å². The third-order valence-electron chi connectivity index (χ3n) is 1.47. The molecule has 0 fully saturated rings. The first-order chi connectivity index (χ1) is 5.93. The summed E-state index contributed by atoms with van der Waals surface area (Å²) in [6.07, 6.45) is 0. The molecule has 1 aromatic carbocycles. The molecular formula is C10H14NO. The number of ether oxygens (including phenoxy) is 1. The minimum absolute atomic E-state index is 0.694. The van der Waals surface area contributed by atoms with Crippen molar-refractivity contribution in [3.63, 3.8) is 0 Å². The van der Waals surface area contributed by atoms with Crippen LogP contribution < -0.4 is 10.1 Å². The molecule has 0 aliphatic heterocycles. The molecule has 1 rings (SSSR count). The molecule has 2 heteroatoms. The zero-order valence-corrected chi connectivity index (χ0v) is 7.12. The molecule has 1 aromatic rings. The molecule has 0 bridgehead atoms. The van der Waals surface area contributed by atoms with Crippen LogP contribution in [0.5, 0.6) is 5.75 Å². The van der Waals surface area contributed by atoms with Crippen LogP contribution in [0.3, 0.4) is 0 Å². The first kappa shape index (κ1) is 9.07. The number of para-hydroxylation sites is 1. The van der Waals surface area contributed by atoms with Gasteiger partial charge in [0.15, 0.2) is 0 Å². The van der Waals surface area contributed by atoms with Crippen molar-refractivity contribution in [2.45, 2.75) is 0 Å². The molecule has 0 heterocycles. The highest BCUT2D eigenvalue weighted by atomic mass is 16.5. The fourth-order valence-corrected chi connectivity index (χ4v) is 0.883. The van der Waals surface area contributed by atoms with Gasteiger partial charge < -0.3 is 10.1 Å². The third kappa shape index (κ3) is 3.39. The van der Waals surface area contributed by atoms with E-state index in [9.17, 15) is 0 Å². The van der Waals surface area contributed by atoms with Crippen LogP contribution in [-0.4, -0.2) is 19.7 Å². The largest absolute Gasteiger partial charge is 0.492 e. The van der Waals surface area contributed by atoms with E-state index in [-0.39, 0.29) is 0 Å². The van der Waals surface area contributed by atoms with Crippen LogP contribution in [0.1, 0.15) is 0 Å². The number of hydrogen-bond acceptors (Lipinski definition) is 2. The van der Waals surface area contributed by atoms with Gasteiger partial charge in [0.25, 0.3) is 0 Å². The Kier molecular flexibility index (Phi) is 4.24. The van der Waals surface area contributed by atoms with Crippen molar-refractivity contribution in [1.29, 1.82) is 0 Å². The van der Waals surface area contributed by atoms with E-state index >= 15 is 0 Å². The van der Waals surface area contributed by atoms with Crippen LogP contribution in [0.25, 0.3) is 0 Å². The second-order valence-corrected chi connectivity index (χ2v) is 2.41. The van der Waals surface area contributed by atoms with E-state index in [0.29, 0.717) is 6.61 Å². The van der Waals surface area contributed by atoms with Gasteiger partial charge in [0.1, 0.15) is 12.4 Å². The molecule has 0 saturated carbocycles. The number of rotatable bonds is 5. The molecule has 12 heavy (non-hydrogen) atoms. The summed E-state index contributed by atoms with van der Waals surface area (Å²) in [5, 5.41) is 3.08. The molecule has 2 nitrogen and oxygen atoms in total. The lowest BCUT2D eigenvalue weighted by atomic mass is 10.3. The van der Waals surface area contributed by atoms with Crippen LogP contribution in [0.15, 0.2) is 30.3 Å². The summed E-state index contributed by atoms with van der Waals surface area (Å²) < 4.78 is 5.42. The zero-order chi connectivity index (χ0) is 8.65. The summed E-state index contributed by atoms with van der Waals surface area (Å²) in [7, 11) is 0. The lowest BCUT2D eigenvalue weighted by Crippen LogP contribution is -2.20. The minimum atomic E-state index is 0.694. The Morgan fingerprint density at radius 1 is 1.25 bits per heavy atom. The van der Waals surface area contributed by atoms with Gasteiger partial charge in [-0.25, -0.2) is 0 Å². The Hall–Kier alpha value is -1.02. The van der Waals surface area contributed by atoms with E-state index in [1.807, 2.05) is 30.3 Å². The fraction of sp³-hybridized carbons (Fsp3) is 0.300. The molecule has 0 amide bonds. The van der Waals surface area contributed by atoms with Gasteiger partial charge in [-0.05, 0) is 25.6 Å². The predicted molar refractivity (Wildman–Crippen MR) is 50.2 cm³/mol. The second-order valence-electron chi connectivity index (χ2n) is 2.41. The average molecular weight is 164 g/mol. The molecule has 0 atom stereocenters. The molecule has 0 unspecified atom stereocenters. The van der Waals surface area contributed by atoms with Crippen molar-refractivity contribution in [2.24, 2.45) is 0 Å². The number of benzene rings is 1. The second kappa shape index (κ2) is 5.61. The SMILES string of the molecule is [CH2]CNCCOc1ccccc1. The Balaban J connectivity index is 2.16. The minimum Gasteiger partial charge on any atom is -0.492 e. The normalized spacial score (nSPS) is 9.75. The van der Waals surface area contributed by atoms with Crippen molar-refractivity contribution < 1.29 is 4.74 Å². The molecule has 0 aliphatic carbocycles. The van der Waals surface area contributed by atoms with Gasteiger partial charge in [0, 0.05) is 6.54 Å². The van der Waals surface area contributed by atoms with Gasteiger partial charge in [-0.1, -0.05) is 18.2 Å². The summed E-state index contributed by atoms with van der Waals surface area (Å²) in [6, 6.07) is 9.80. The van der Waals surface area contributed by atoms with Gasteiger partial charge >= 0.3 is 0 Å². The van der Waals surface area contributed by atoms with Crippen molar-refractivity contribution in [1.82, 2.24) is 5.32 Å². The summed E-state index contributed by atoms with van der Waals surface area (Å²) in [6.45, 7) is 5.95. The standard InChI is InChI=1S/C10H14NO/c1-2-11-8-9-12-10-6-4-3-5-7-10/h3-7,11H,1-2,8-9H2. The van der Waals surface area contributed by atoms with Gasteiger partial charge in [0.05, 0.1) is 0 Å². The maximum absolute atomic E-state index is 5.42. The van der Waals surface area contributed by atoms with Crippen molar-refractivity contribution in [3.05, 3.63) is 37.3 Å². The van der Waals surface area contributed by atoms with Crippen molar-refractivity contribution >= 4 is 0 Å². The van der Waals surface area contributed by atoms with Gasteiger partial charge in [-0.15, -0.1) is 0 Å². The maximum Gasteiger partial charge on any atom is 0.119 e. The molecular weight excluding hydrogens is 150 g/mol. The first-order valence-corrected chi connectivity index (χ1v) is 4.11. The van der Waals surface area contributed by atoms with Crippen LogP contribution in [0.2, 0.25) is 0 Å². The molecule has 1 N–H and O–H groups in total. The molecule has 65 valence electrons. The molecule has 0 saturated heterocycles. The topological polar surface area (TPSA) is 21.3 Å². The van der Waals surface area contributed by atoms with Crippen LogP contribution in [-0.2, 0) is 0 Å². The van der Waals surface area contributed by atoms with Gasteiger partial charge in [-0.2, -0.15) is 0 Å². The van der Waals surface area contributed by atoms with E-state index in [1.165, 1.54) is 0 Å². The van der Waals surface area contributed by atoms with E-state index in [4.69, 9.17) is 4.74 Å². The Bertz CT molecular complexity index is 198. The van der Waals surface area contributed by atoms with Gasteiger partial charge in [0.2, 0.25) is 0 Å². The quantitative estimate of drug-likeness (QED) is 0.666. The third-order valence-corrected chi connectivity index (χ3v) is 1.47.